The van der Waals surface area contributed by atoms with E-state index >= 15 is 0 Å². The van der Waals surface area contributed by atoms with E-state index in [0.717, 1.165) is 31.2 Å². The predicted octanol–water partition coefficient (Wildman–Crippen LogP) is 2.31. The van der Waals surface area contributed by atoms with Crippen LogP contribution in [-0.2, 0) is 6.42 Å². The van der Waals surface area contributed by atoms with E-state index in [1.54, 1.807) is 17.5 Å². The number of amides is 2. The average molecular weight is 345 g/mol. The summed E-state index contributed by atoms with van der Waals surface area (Å²) >= 11 is 1.73. The van der Waals surface area contributed by atoms with Gasteiger partial charge in [0.25, 0.3) is 0 Å². The Labute approximate surface area is 146 Å². The maximum absolute atomic E-state index is 12.4. The molecule has 0 saturated carbocycles. The number of piperazine rings is 1. The van der Waals surface area contributed by atoms with Gasteiger partial charge < -0.3 is 15.1 Å². The largest absolute Gasteiger partial charge is 0.353 e. The minimum Gasteiger partial charge on any atom is -0.353 e. The lowest BCUT2D eigenvalue weighted by atomic mass is 10.2. The molecule has 7 heteroatoms. The summed E-state index contributed by atoms with van der Waals surface area (Å²) in [4.78, 5) is 26.4. The van der Waals surface area contributed by atoms with E-state index in [4.69, 9.17) is 0 Å². The molecule has 2 aromatic rings. The fraction of sp³-hybridized carbons (Fsp3) is 0.471. The van der Waals surface area contributed by atoms with E-state index < -0.39 is 0 Å². The van der Waals surface area contributed by atoms with E-state index in [1.165, 1.54) is 4.88 Å². The molecule has 0 radical (unpaired) electrons. The zero-order chi connectivity index (χ0) is 16.9. The molecule has 6 nitrogen and oxygen atoms in total. The highest BCUT2D eigenvalue weighted by Crippen LogP contribution is 2.14. The van der Waals surface area contributed by atoms with Gasteiger partial charge >= 0.3 is 6.03 Å². The van der Waals surface area contributed by atoms with Gasteiger partial charge in [0.1, 0.15) is 11.6 Å². The molecule has 3 heterocycles. The van der Waals surface area contributed by atoms with Crippen molar-refractivity contribution >= 4 is 23.2 Å². The van der Waals surface area contributed by atoms with Gasteiger partial charge in [0.15, 0.2) is 0 Å². The van der Waals surface area contributed by atoms with Crippen LogP contribution in [-0.4, -0.2) is 53.1 Å². The van der Waals surface area contributed by atoms with Crippen molar-refractivity contribution in [2.45, 2.75) is 26.3 Å². The first-order chi connectivity index (χ1) is 11.6. The molecule has 2 aromatic heterocycles. The SMILES string of the molecule is Cc1nccc(N2CCN(C(=O)N[C@H](C)Cc3cccs3)CC2)n1. The number of carbonyl (C=O) groups is 1. The highest BCUT2D eigenvalue weighted by molar-refractivity contribution is 7.09. The third-order valence-corrected chi connectivity index (χ3v) is 5.01. The normalized spacial score (nSPS) is 16.1. The van der Waals surface area contributed by atoms with Crippen molar-refractivity contribution in [2.75, 3.05) is 31.1 Å². The molecule has 0 aromatic carbocycles. The molecule has 1 aliphatic rings. The lowest BCUT2D eigenvalue weighted by Crippen LogP contribution is -2.53. The molecule has 1 saturated heterocycles. The van der Waals surface area contributed by atoms with E-state index in [2.05, 4.69) is 38.6 Å². The van der Waals surface area contributed by atoms with E-state index in [9.17, 15) is 4.79 Å². The van der Waals surface area contributed by atoms with Crippen LogP contribution >= 0.6 is 11.3 Å². The molecule has 0 spiro atoms. The van der Waals surface area contributed by atoms with Crippen molar-refractivity contribution in [3.63, 3.8) is 0 Å². The number of nitrogens with one attached hydrogen (secondary N) is 1. The van der Waals surface area contributed by atoms with Gasteiger partial charge in [-0.15, -0.1) is 11.3 Å². The summed E-state index contributed by atoms with van der Waals surface area (Å²) in [6.45, 7) is 6.95. The first-order valence-electron chi connectivity index (χ1n) is 8.24. The molecule has 1 N–H and O–H groups in total. The number of anilines is 1. The maximum atomic E-state index is 12.4. The Bertz CT molecular complexity index is 667. The molecule has 0 unspecified atom stereocenters. The van der Waals surface area contributed by atoms with Gasteiger partial charge in [-0.25, -0.2) is 14.8 Å². The van der Waals surface area contributed by atoms with Gasteiger partial charge in [-0.1, -0.05) is 6.07 Å². The van der Waals surface area contributed by atoms with Crippen LogP contribution in [0.1, 0.15) is 17.6 Å². The van der Waals surface area contributed by atoms with Gasteiger partial charge in [0.05, 0.1) is 0 Å². The number of aromatic nitrogens is 2. The number of hydrogen-bond donors (Lipinski definition) is 1. The van der Waals surface area contributed by atoms with Gasteiger partial charge in [0.2, 0.25) is 0 Å². The number of aryl methyl sites for hydroxylation is 1. The number of nitrogens with zero attached hydrogens (tertiary/aromatic N) is 4. The van der Waals surface area contributed by atoms with E-state index in [1.807, 2.05) is 24.0 Å². The minimum atomic E-state index is 0.0255. The monoisotopic (exact) mass is 345 g/mol. The van der Waals surface area contributed by atoms with E-state index in [0.29, 0.717) is 13.1 Å². The summed E-state index contributed by atoms with van der Waals surface area (Å²) in [6.07, 6.45) is 2.66. The van der Waals surface area contributed by atoms with Crippen molar-refractivity contribution in [1.29, 1.82) is 0 Å². The summed E-state index contributed by atoms with van der Waals surface area (Å²) in [5.74, 6) is 1.71. The van der Waals surface area contributed by atoms with Crippen LogP contribution in [0.25, 0.3) is 0 Å². The zero-order valence-corrected chi connectivity index (χ0v) is 14.9. The second kappa shape index (κ2) is 7.61. The van der Waals surface area contributed by atoms with Crippen LogP contribution < -0.4 is 10.2 Å². The predicted molar refractivity (Wildman–Crippen MR) is 96.6 cm³/mol. The average Bonchev–Trinajstić information content (AvgIpc) is 3.07. The van der Waals surface area contributed by atoms with E-state index in [-0.39, 0.29) is 12.1 Å². The Morgan fingerprint density at radius 2 is 2.12 bits per heavy atom. The zero-order valence-electron chi connectivity index (χ0n) is 14.1. The van der Waals surface area contributed by atoms with Gasteiger partial charge in [-0.05, 0) is 31.4 Å². The smallest absolute Gasteiger partial charge is 0.317 e. The molecule has 1 fully saturated rings. The number of carbonyl (C=O) groups excluding carboxylic acids is 1. The Morgan fingerprint density at radius 3 is 2.79 bits per heavy atom. The highest BCUT2D eigenvalue weighted by atomic mass is 32.1. The number of urea groups is 1. The Balaban J connectivity index is 1.48. The molecular formula is C17H23N5OS. The number of thiophene rings is 1. The lowest BCUT2D eigenvalue weighted by molar-refractivity contribution is 0.191. The summed E-state index contributed by atoms with van der Waals surface area (Å²) < 4.78 is 0. The molecule has 128 valence electrons. The molecular weight excluding hydrogens is 322 g/mol. The van der Waals surface area contributed by atoms with Gasteiger partial charge in [-0.3, -0.25) is 0 Å². The Hall–Kier alpha value is -2.15. The quantitative estimate of drug-likeness (QED) is 0.924. The van der Waals surface area contributed by atoms with Crippen molar-refractivity contribution in [3.8, 4) is 0 Å². The molecule has 0 bridgehead atoms. The Kier molecular flexibility index (Phi) is 5.30. The first kappa shape index (κ1) is 16.7. The van der Waals surface area contributed by atoms with Crippen molar-refractivity contribution in [3.05, 3.63) is 40.5 Å². The van der Waals surface area contributed by atoms with Crippen LogP contribution in [0, 0.1) is 6.92 Å². The molecule has 1 aliphatic heterocycles. The second-order valence-electron chi connectivity index (χ2n) is 6.07. The fourth-order valence-electron chi connectivity index (χ4n) is 2.84. The van der Waals surface area contributed by atoms with Crippen LogP contribution in [0.2, 0.25) is 0 Å². The highest BCUT2D eigenvalue weighted by Gasteiger charge is 2.23. The summed E-state index contributed by atoms with van der Waals surface area (Å²) in [5.41, 5.74) is 0. The van der Waals surface area contributed by atoms with Crippen molar-refractivity contribution < 1.29 is 4.79 Å². The number of hydrogen-bond acceptors (Lipinski definition) is 5. The summed E-state index contributed by atoms with van der Waals surface area (Å²) in [7, 11) is 0. The number of rotatable bonds is 4. The lowest BCUT2D eigenvalue weighted by Gasteiger charge is -2.35. The first-order valence-corrected chi connectivity index (χ1v) is 9.12. The molecule has 0 aliphatic carbocycles. The van der Waals surface area contributed by atoms with Crippen molar-refractivity contribution in [1.82, 2.24) is 20.2 Å². The second-order valence-corrected chi connectivity index (χ2v) is 7.10. The maximum Gasteiger partial charge on any atom is 0.317 e. The topological polar surface area (TPSA) is 61.4 Å². The van der Waals surface area contributed by atoms with Gasteiger partial charge in [0, 0.05) is 49.7 Å². The fourth-order valence-corrected chi connectivity index (χ4v) is 3.68. The molecule has 24 heavy (non-hydrogen) atoms. The summed E-state index contributed by atoms with van der Waals surface area (Å²) in [5, 5.41) is 5.17. The standard InChI is InChI=1S/C17H23N5OS/c1-13(12-15-4-3-11-24-15)19-17(23)22-9-7-21(8-10-22)16-5-6-18-14(2)20-16/h3-6,11,13H,7-10,12H2,1-2H3,(H,19,23)/t13-/m1/s1. The van der Waals surface area contributed by atoms with Crippen LogP contribution in [0.3, 0.4) is 0 Å². The Morgan fingerprint density at radius 1 is 1.33 bits per heavy atom. The third kappa shape index (κ3) is 4.23. The van der Waals surface area contributed by atoms with Gasteiger partial charge in [-0.2, -0.15) is 0 Å². The third-order valence-electron chi connectivity index (χ3n) is 4.11. The summed E-state index contributed by atoms with van der Waals surface area (Å²) in [6, 6.07) is 6.24. The minimum absolute atomic E-state index is 0.0255. The van der Waals surface area contributed by atoms with Crippen LogP contribution in [0.5, 0.6) is 0 Å². The molecule has 3 rings (SSSR count). The van der Waals surface area contributed by atoms with Crippen molar-refractivity contribution in [2.24, 2.45) is 0 Å². The van der Waals surface area contributed by atoms with Crippen LogP contribution in [0.4, 0.5) is 10.6 Å². The molecule has 2 amide bonds. The van der Waals surface area contributed by atoms with Crippen LogP contribution in [0.15, 0.2) is 29.8 Å². The molecule has 1 atom stereocenters.